The van der Waals surface area contributed by atoms with Crippen LogP contribution in [0.3, 0.4) is 0 Å². The van der Waals surface area contributed by atoms with E-state index in [4.69, 9.17) is 0 Å². The van der Waals surface area contributed by atoms with Crippen molar-refractivity contribution in [1.29, 1.82) is 0 Å². The molecule has 34 heavy (non-hydrogen) atoms. The zero-order chi connectivity index (χ0) is 24.6. The average Bonchev–Trinajstić information content (AvgIpc) is 3.24. The highest BCUT2D eigenvalue weighted by atomic mass is 19.4. The van der Waals surface area contributed by atoms with Gasteiger partial charge in [-0.05, 0) is 50.6 Å². The Morgan fingerprint density at radius 3 is 2.56 bits per heavy atom. The van der Waals surface area contributed by atoms with Crippen molar-refractivity contribution in [3.63, 3.8) is 0 Å². The molecule has 0 saturated carbocycles. The molecule has 3 heterocycles. The van der Waals surface area contributed by atoms with Crippen LogP contribution in [-0.2, 0) is 6.18 Å². The highest BCUT2D eigenvalue weighted by Crippen LogP contribution is 2.34. The molecule has 2 atom stereocenters. The number of halogens is 4. The minimum Gasteiger partial charge on any atom is -0.355 e. The second-order valence-electron chi connectivity index (χ2n) is 8.65. The third kappa shape index (κ3) is 4.84. The van der Waals surface area contributed by atoms with Gasteiger partial charge in [0.05, 0.1) is 16.8 Å². The zero-order valence-electron chi connectivity index (χ0n) is 18.7. The first kappa shape index (κ1) is 23.9. The molecule has 0 aliphatic carbocycles. The second kappa shape index (κ2) is 9.21. The molecule has 2 unspecified atom stereocenters. The summed E-state index contributed by atoms with van der Waals surface area (Å²) in [6.45, 7) is 4.51. The summed E-state index contributed by atoms with van der Waals surface area (Å²) in [5.74, 6) is -2.14. The summed E-state index contributed by atoms with van der Waals surface area (Å²) in [6, 6.07) is 3.47. The Balaban J connectivity index is 1.69. The lowest BCUT2D eigenvalue weighted by Gasteiger charge is -2.43. The van der Waals surface area contributed by atoms with Crippen molar-refractivity contribution in [2.75, 3.05) is 36.9 Å². The first-order chi connectivity index (χ1) is 16.1. The molecule has 182 valence electrons. The number of nitrogens with one attached hydrogen (secondary N) is 2. The van der Waals surface area contributed by atoms with Crippen molar-refractivity contribution in [1.82, 2.24) is 15.2 Å². The van der Waals surface area contributed by atoms with Crippen molar-refractivity contribution >= 4 is 23.3 Å². The Morgan fingerprint density at radius 2 is 1.85 bits per heavy atom. The van der Waals surface area contributed by atoms with Gasteiger partial charge in [-0.3, -0.25) is 14.5 Å². The SMILES string of the molecule is CNC(=O)c1cnc(N2CC3CCCN3CC2C)c(NC(=O)c2cc(F)cc(C(F)(F)F)c2)c1. The number of benzene rings is 1. The number of carbonyl (C=O) groups is 2. The number of hydrogen-bond acceptors (Lipinski definition) is 5. The van der Waals surface area contributed by atoms with E-state index in [0.29, 0.717) is 30.5 Å². The highest BCUT2D eigenvalue weighted by Gasteiger charge is 2.36. The number of carbonyl (C=O) groups excluding carboxylic acids is 2. The van der Waals surface area contributed by atoms with Crippen LogP contribution in [-0.4, -0.2) is 60.5 Å². The molecule has 1 aromatic carbocycles. The van der Waals surface area contributed by atoms with Crippen molar-refractivity contribution in [3.05, 3.63) is 53.0 Å². The lowest BCUT2D eigenvalue weighted by atomic mass is 10.1. The lowest BCUT2D eigenvalue weighted by molar-refractivity contribution is -0.137. The largest absolute Gasteiger partial charge is 0.416 e. The topological polar surface area (TPSA) is 77.6 Å². The molecular weight excluding hydrogens is 454 g/mol. The van der Waals surface area contributed by atoms with Crippen LogP contribution in [0.1, 0.15) is 46.0 Å². The van der Waals surface area contributed by atoms with E-state index in [1.54, 1.807) is 0 Å². The fourth-order valence-corrected chi connectivity index (χ4v) is 4.61. The van der Waals surface area contributed by atoms with Crippen LogP contribution in [0.4, 0.5) is 29.1 Å². The molecule has 2 saturated heterocycles. The van der Waals surface area contributed by atoms with Gasteiger partial charge in [-0.15, -0.1) is 0 Å². The van der Waals surface area contributed by atoms with Crippen molar-refractivity contribution < 1.29 is 27.2 Å². The first-order valence-corrected chi connectivity index (χ1v) is 11.0. The monoisotopic (exact) mass is 479 g/mol. The fraction of sp³-hybridized carbons (Fsp3) is 0.435. The Bertz CT molecular complexity index is 1110. The van der Waals surface area contributed by atoms with Gasteiger partial charge in [0.2, 0.25) is 0 Å². The van der Waals surface area contributed by atoms with Crippen LogP contribution in [0.2, 0.25) is 0 Å². The van der Waals surface area contributed by atoms with E-state index in [1.165, 1.54) is 19.3 Å². The second-order valence-corrected chi connectivity index (χ2v) is 8.65. The lowest BCUT2D eigenvalue weighted by Crippen LogP contribution is -2.55. The number of nitrogens with zero attached hydrogens (tertiary/aromatic N) is 3. The van der Waals surface area contributed by atoms with Gasteiger partial charge in [0, 0.05) is 44.0 Å². The van der Waals surface area contributed by atoms with Crippen LogP contribution in [0.15, 0.2) is 30.5 Å². The van der Waals surface area contributed by atoms with Crippen LogP contribution >= 0.6 is 0 Å². The third-order valence-corrected chi connectivity index (χ3v) is 6.30. The maximum absolute atomic E-state index is 13.9. The van der Waals surface area contributed by atoms with E-state index in [-0.39, 0.29) is 17.3 Å². The van der Waals surface area contributed by atoms with E-state index in [1.807, 2.05) is 11.8 Å². The molecule has 0 spiro atoms. The third-order valence-electron chi connectivity index (χ3n) is 6.30. The molecule has 2 fully saturated rings. The van der Waals surface area contributed by atoms with E-state index < -0.39 is 34.9 Å². The summed E-state index contributed by atoms with van der Waals surface area (Å²) in [5, 5.41) is 5.04. The summed E-state index contributed by atoms with van der Waals surface area (Å²) in [7, 11) is 1.45. The summed E-state index contributed by atoms with van der Waals surface area (Å²) < 4.78 is 53.2. The predicted molar refractivity (Wildman–Crippen MR) is 118 cm³/mol. The smallest absolute Gasteiger partial charge is 0.355 e. The van der Waals surface area contributed by atoms with Crippen LogP contribution in [0.5, 0.6) is 0 Å². The molecule has 2 aromatic rings. The van der Waals surface area contributed by atoms with Gasteiger partial charge in [0.25, 0.3) is 11.8 Å². The Hall–Kier alpha value is -3.21. The number of piperazine rings is 1. The first-order valence-electron chi connectivity index (χ1n) is 11.0. The van der Waals surface area contributed by atoms with Gasteiger partial charge in [0.1, 0.15) is 5.82 Å². The molecule has 1 aromatic heterocycles. The molecule has 0 radical (unpaired) electrons. The number of hydrogen-bond donors (Lipinski definition) is 2. The van der Waals surface area contributed by atoms with Gasteiger partial charge in [-0.25, -0.2) is 9.37 Å². The van der Waals surface area contributed by atoms with Gasteiger partial charge in [0.15, 0.2) is 5.82 Å². The number of pyridine rings is 1. The normalized spacial score (nSPS) is 20.7. The van der Waals surface area contributed by atoms with Crippen LogP contribution < -0.4 is 15.5 Å². The number of anilines is 2. The molecule has 0 bridgehead atoms. The minimum atomic E-state index is -4.81. The van der Waals surface area contributed by atoms with E-state index in [2.05, 4.69) is 20.5 Å². The zero-order valence-corrected chi connectivity index (χ0v) is 18.7. The maximum atomic E-state index is 13.9. The van der Waals surface area contributed by atoms with Crippen molar-refractivity contribution in [2.24, 2.45) is 0 Å². The quantitative estimate of drug-likeness (QED) is 0.657. The maximum Gasteiger partial charge on any atom is 0.416 e. The number of alkyl halides is 3. The number of amides is 2. The summed E-state index contributed by atoms with van der Waals surface area (Å²) in [4.78, 5) is 33.9. The molecule has 2 aliphatic rings. The molecule has 2 amide bonds. The number of rotatable bonds is 4. The Morgan fingerprint density at radius 1 is 1.09 bits per heavy atom. The molecule has 2 aliphatic heterocycles. The average molecular weight is 479 g/mol. The number of fused-ring (bicyclic) bond motifs is 1. The van der Waals surface area contributed by atoms with E-state index in [9.17, 15) is 27.2 Å². The Kier molecular flexibility index (Phi) is 6.48. The van der Waals surface area contributed by atoms with Gasteiger partial charge >= 0.3 is 6.18 Å². The molecule has 2 N–H and O–H groups in total. The summed E-state index contributed by atoms with van der Waals surface area (Å²) >= 11 is 0. The van der Waals surface area contributed by atoms with E-state index in [0.717, 1.165) is 32.0 Å². The number of aromatic nitrogens is 1. The highest BCUT2D eigenvalue weighted by molar-refractivity contribution is 6.06. The molecule has 7 nitrogen and oxygen atoms in total. The van der Waals surface area contributed by atoms with Gasteiger partial charge < -0.3 is 15.5 Å². The van der Waals surface area contributed by atoms with Gasteiger partial charge in [-0.1, -0.05) is 0 Å². The summed E-state index contributed by atoms with van der Waals surface area (Å²) in [5.41, 5.74) is -1.41. The van der Waals surface area contributed by atoms with Crippen LogP contribution in [0.25, 0.3) is 0 Å². The van der Waals surface area contributed by atoms with Crippen molar-refractivity contribution in [3.8, 4) is 0 Å². The van der Waals surface area contributed by atoms with Crippen LogP contribution in [0, 0.1) is 5.82 Å². The minimum absolute atomic E-state index is 0.0503. The summed E-state index contributed by atoms with van der Waals surface area (Å²) in [6.07, 6.45) is -1.29. The standard InChI is InChI=1S/C23H25F4N5O2/c1-13-11-31-5-3-4-18(31)12-32(13)20-19(8-15(10-29-20)21(33)28-2)30-22(34)14-6-16(23(25,26)27)9-17(24)7-14/h6-10,13,18H,3-5,11-12H2,1-2H3,(H,28,33)(H,30,34). The van der Waals surface area contributed by atoms with Gasteiger partial charge in [-0.2, -0.15) is 13.2 Å². The molecule has 4 rings (SSSR count). The van der Waals surface area contributed by atoms with Crippen molar-refractivity contribution in [2.45, 2.75) is 38.0 Å². The molecule has 11 heteroatoms. The predicted octanol–water partition coefficient (Wildman–Crippen LogP) is 3.52. The van der Waals surface area contributed by atoms with E-state index >= 15 is 0 Å². The fourth-order valence-electron chi connectivity index (χ4n) is 4.61. The Labute approximate surface area is 194 Å². The molecular formula is C23H25F4N5O2.